The minimum atomic E-state index is -0.141. The Morgan fingerprint density at radius 2 is 1.61 bits per heavy atom. The van der Waals surface area contributed by atoms with Crippen LogP contribution in [-0.4, -0.2) is 21.3 Å². The zero-order valence-electron chi connectivity index (χ0n) is 17.0. The molecule has 0 saturated carbocycles. The normalized spacial score (nSPS) is 11.1. The second kappa shape index (κ2) is 8.38. The fraction of sp³-hybridized carbons (Fsp3) is 0.348. The lowest BCUT2D eigenvalue weighted by atomic mass is 9.99. The third-order valence-electron chi connectivity index (χ3n) is 4.81. The maximum Gasteiger partial charge on any atom is 0.197 e. The van der Waals surface area contributed by atoms with Gasteiger partial charge in [-0.3, -0.25) is 4.79 Å². The average Bonchev–Trinajstić information content (AvgIpc) is 2.71. The Labute approximate surface area is 164 Å². The van der Waals surface area contributed by atoms with Gasteiger partial charge < -0.3 is 18.6 Å². The second-order valence-electron chi connectivity index (χ2n) is 7.10. The van der Waals surface area contributed by atoms with E-state index in [-0.39, 0.29) is 5.43 Å². The van der Waals surface area contributed by atoms with Crippen molar-refractivity contribution in [1.82, 2.24) is 0 Å². The van der Waals surface area contributed by atoms with Crippen LogP contribution < -0.4 is 19.6 Å². The Hall–Kier alpha value is -2.95. The van der Waals surface area contributed by atoms with Gasteiger partial charge in [0.05, 0.1) is 21.3 Å². The minimum absolute atomic E-state index is 0.141. The van der Waals surface area contributed by atoms with Crippen LogP contribution in [0.4, 0.5) is 0 Å². The Bertz CT molecular complexity index is 1020. The van der Waals surface area contributed by atoms with Gasteiger partial charge in [-0.05, 0) is 43.0 Å². The van der Waals surface area contributed by atoms with E-state index in [9.17, 15) is 4.79 Å². The van der Waals surface area contributed by atoms with Gasteiger partial charge in [-0.25, -0.2) is 0 Å². The van der Waals surface area contributed by atoms with Gasteiger partial charge in [0.1, 0.15) is 34.0 Å². The standard InChI is InChI=1S/C23H26O5/c1-14(2)6-11-17-20(26-4)13-21(27-5)22-18(24)12-19(28-23(17)22)15-7-9-16(25-3)10-8-15/h7-10,12-14H,6,11H2,1-5H3. The number of hydrogen-bond acceptors (Lipinski definition) is 5. The molecular weight excluding hydrogens is 356 g/mol. The first-order chi connectivity index (χ1) is 13.5. The number of ether oxygens (including phenoxy) is 3. The van der Waals surface area contributed by atoms with Gasteiger partial charge >= 0.3 is 0 Å². The molecule has 0 aliphatic heterocycles. The fourth-order valence-corrected chi connectivity index (χ4v) is 3.24. The van der Waals surface area contributed by atoms with E-state index >= 15 is 0 Å². The molecule has 5 nitrogen and oxygen atoms in total. The molecule has 2 aromatic carbocycles. The number of fused-ring (bicyclic) bond motifs is 1. The number of rotatable bonds is 7. The summed E-state index contributed by atoms with van der Waals surface area (Å²) in [5.74, 6) is 2.88. The van der Waals surface area contributed by atoms with E-state index in [1.54, 1.807) is 27.4 Å². The van der Waals surface area contributed by atoms with Crippen LogP contribution in [0.3, 0.4) is 0 Å². The van der Waals surface area contributed by atoms with Crippen LogP contribution in [0.1, 0.15) is 25.8 Å². The number of methoxy groups -OCH3 is 3. The maximum absolute atomic E-state index is 13.0. The summed E-state index contributed by atoms with van der Waals surface area (Å²) < 4.78 is 22.5. The third-order valence-corrected chi connectivity index (χ3v) is 4.81. The zero-order valence-corrected chi connectivity index (χ0v) is 17.0. The van der Waals surface area contributed by atoms with Crippen molar-refractivity contribution < 1.29 is 18.6 Å². The molecule has 3 rings (SSSR count). The second-order valence-corrected chi connectivity index (χ2v) is 7.10. The molecule has 0 aliphatic rings. The van der Waals surface area contributed by atoms with Crippen molar-refractivity contribution in [2.75, 3.05) is 21.3 Å². The van der Waals surface area contributed by atoms with Crippen LogP contribution in [0.25, 0.3) is 22.3 Å². The Kier molecular flexibility index (Phi) is 5.93. The van der Waals surface area contributed by atoms with Gasteiger partial charge in [0.2, 0.25) is 0 Å². The summed E-state index contributed by atoms with van der Waals surface area (Å²) in [7, 11) is 4.77. The van der Waals surface area contributed by atoms with Crippen molar-refractivity contribution in [1.29, 1.82) is 0 Å². The zero-order chi connectivity index (χ0) is 20.3. The van der Waals surface area contributed by atoms with Crippen LogP contribution in [0.2, 0.25) is 0 Å². The van der Waals surface area contributed by atoms with E-state index in [1.807, 2.05) is 24.3 Å². The van der Waals surface area contributed by atoms with Crippen LogP contribution in [0.5, 0.6) is 17.2 Å². The fourth-order valence-electron chi connectivity index (χ4n) is 3.24. The van der Waals surface area contributed by atoms with Gasteiger partial charge in [-0.1, -0.05) is 13.8 Å². The first kappa shape index (κ1) is 19.8. The summed E-state index contributed by atoms with van der Waals surface area (Å²) in [6.45, 7) is 4.33. The van der Waals surface area contributed by atoms with Crippen molar-refractivity contribution in [3.63, 3.8) is 0 Å². The topological polar surface area (TPSA) is 57.9 Å². The van der Waals surface area contributed by atoms with Crippen LogP contribution in [0, 0.1) is 5.92 Å². The summed E-state index contributed by atoms with van der Waals surface area (Å²) in [6.07, 6.45) is 1.70. The quantitative estimate of drug-likeness (QED) is 0.571. The summed E-state index contributed by atoms with van der Waals surface area (Å²) in [5.41, 5.74) is 2.07. The molecule has 0 N–H and O–H groups in total. The summed E-state index contributed by atoms with van der Waals surface area (Å²) in [6, 6.07) is 10.7. The van der Waals surface area contributed by atoms with E-state index in [1.165, 1.54) is 6.07 Å². The molecular formula is C23H26O5. The third kappa shape index (κ3) is 3.84. The summed E-state index contributed by atoms with van der Waals surface area (Å²) in [5, 5.41) is 0.444. The van der Waals surface area contributed by atoms with Crippen LogP contribution in [0.15, 0.2) is 45.6 Å². The molecule has 0 spiro atoms. The molecule has 1 heterocycles. The van der Waals surface area contributed by atoms with Crippen LogP contribution >= 0.6 is 0 Å². The molecule has 0 fully saturated rings. The predicted molar refractivity (Wildman–Crippen MR) is 111 cm³/mol. The lowest BCUT2D eigenvalue weighted by Gasteiger charge is -2.15. The minimum Gasteiger partial charge on any atom is -0.497 e. The van der Waals surface area contributed by atoms with E-state index in [0.29, 0.717) is 34.1 Å². The number of hydrogen-bond donors (Lipinski definition) is 0. The average molecular weight is 382 g/mol. The number of benzene rings is 2. The van der Waals surface area contributed by atoms with Gasteiger partial charge in [0.15, 0.2) is 5.43 Å². The van der Waals surface area contributed by atoms with E-state index in [0.717, 1.165) is 29.7 Å². The molecule has 5 heteroatoms. The lowest BCUT2D eigenvalue weighted by Crippen LogP contribution is -2.07. The highest BCUT2D eigenvalue weighted by Gasteiger charge is 2.20. The van der Waals surface area contributed by atoms with Crippen molar-refractivity contribution >= 4 is 11.0 Å². The first-order valence-corrected chi connectivity index (χ1v) is 9.34. The summed E-state index contributed by atoms with van der Waals surface area (Å²) in [4.78, 5) is 13.0. The van der Waals surface area contributed by atoms with Gasteiger partial charge in [-0.2, -0.15) is 0 Å². The molecule has 148 valence electrons. The predicted octanol–water partition coefficient (Wildman–Crippen LogP) is 5.07. The molecule has 0 saturated heterocycles. The van der Waals surface area contributed by atoms with Crippen molar-refractivity contribution in [3.05, 3.63) is 52.2 Å². The SMILES string of the molecule is COc1ccc(-c2cc(=O)c3c(OC)cc(OC)c(CCC(C)C)c3o2)cc1. The highest BCUT2D eigenvalue weighted by Crippen LogP contribution is 2.37. The molecule has 0 bridgehead atoms. The molecule has 1 aromatic heterocycles. The molecule has 3 aromatic rings. The van der Waals surface area contributed by atoms with Gasteiger partial charge in [-0.15, -0.1) is 0 Å². The van der Waals surface area contributed by atoms with E-state index in [2.05, 4.69) is 13.8 Å². The van der Waals surface area contributed by atoms with Crippen LogP contribution in [-0.2, 0) is 6.42 Å². The molecule has 28 heavy (non-hydrogen) atoms. The lowest BCUT2D eigenvalue weighted by molar-refractivity contribution is 0.391. The van der Waals surface area contributed by atoms with Gasteiger partial charge in [0, 0.05) is 23.3 Å². The van der Waals surface area contributed by atoms with Crippen molar-refractivity contribution in [2.45, 2.75) is 26.7 Å². The largest absolute Gasteiger partial charge is 0.497 e. The molecule has 0 unspecified atom stereocenters. The first-order valence-electron chi connectivity index (χ1n) is 9.34. The highest BCUT2D eigenvalue weighted by atomic mass is 16.5. The Morgan fingerprint density at radius 1 is 0.929 bits per heavy atom. The molecule has 0 radical (unpaired) electrons. The summed E-state index contributed by atoms with van der Waals surface area (Å²) >= 11 is 0. The molecule has 0 amide bonds. The Balaban J connectivity index is 2.26. The Morgan fingerprint density at radius 3 is 2.18 bits per heavy atom. The van der Waals surface area contributed by atoms with Crippen molar-refractivity contribution in [2.24, 2.45) is 5.92 Å². The van der Waals surface area contributed by atoms with E-state index in [4.69, 9.17) is 18.6 Å². The monoisotopic (exact) mass is 382 g/mol. The maximum atomic E-state index is 13.0. The van der Waals surface area contributed by atoms with Gasteiger partial charge in [0.25, 0.3) is 0 Å². The number of aryl methyl sites for hydroxylation is 1. The highest BCUT2D eigenvalue weighted by molar-refractivity contribution is 5.89. The van der Waals surface area contributed by atoms with Crippen molar-refractivity contribution in [3.8, 4) is 28.6 Å². The molecule has 0 aliphatic carbocycles. The van der Waals surface area contributed by atoms with E-state index < -0.39 is 0 Å². The molecule has 0 atom stereocenters. The smallest absolute Gasteiger partial charge is 0.197 e.